The first-order valence-corrected chi connectivity index (χ1v) is 8.17. The second-order valence-corrected chi connectivity index (χ2v) is 6.33. The number of para-hydroxylation sites is 2. The van der Waals surface area contributed by atoms with Gasteiger partial charge in [-0.15, -0.1) is 0 Å². The van der Waals surface area contributed by atoms with Gasteiger partial charge in [0.05, 0.1) is 17.5 Å². The first-order valence-electron chi connectivity index (χ1n) is 8.17. The van der Waals surface area contributed by atoms with E-state index in [0.717, 1.165) is 36.2 Å². The molecule has 3 nitrogen and oxygen atoms in total. The van der Waals surface area contributed by atoms with Crippen molar-refractivity contribution in [2.45, 2.75) is 52.5 Å². The lowest BCUT2D eigenvalue weighted by atomic mass is 9.92. The Morgan fingerprint density at radius 3 is 2.86 bits per heavy atom. The van der Waals surface area contributed by atoms with Gasteiger partial charge in [0.15, 0.2) is 0 Å². The van der Waals surface area contributed by atoms with Gasteiger partial charge >= 0.3 is 0 Å². The zero-order chi connectivity index (χ0) is 14.8. The van der Waals surface area contributed by atoms with E-state index in [4.69, 9.17) is 4.98 Å². The van der Waals surface area contributed by atoms with Gasteiger partial charge in [0.25, 0.3) is 0 Å². The van der Waals surface area contributed by atoms with E-state index in [1.807, 2.05) is 18.2 Å². The number of imidazole rings is 1. The van der Waals surface area contributed by atoms with Crippen LogP contribution in [0.4, 0.5) is 0 Å². The summed E-state index contributed by atoms with van der Waals surface area (Å²) in [6.07, 6.45) is 5.00. The van der Waals surface area contributed by atoms with Crippen molar-refractivity contribution in [3.8, 4) is 0 Å². The molecule has 0 bridgehead atoms. The van der Waals surface area contributed by atoms with E-state index in [9.17, 15) is 4.79 Å². The number of nitrogens with zero attached hydrogens (tertiary/aromatic N) is 2. The van der Waals surface area contributed by atoms with Gasteiger partial charge < -0.3 is 4.57 Å². The third-order valence-corrected chi connectivity index (χ3v) is 4.79. The average molecular weight is 284 g/mol. The highest BCUT2D eigenvalue weighted by Gasteiger charge is 2.30. The number of aryl methyl sites for hydroxylation is 1. The lowest BCUT2D eigenvalue weighted by Crippen LogP contribution is -2.21. The number of hydrogen-bond donors (Lipinski definition) is 0. The normalized spacial score (nSPS) is 22.0. The van der Waals surface area contributed by atoms with Crippen LogP contribution in [0.25, 0.3) is 11.0 Å². The van der Waals surface area contributed by atoms with Gasteiger partial charge in [-0.1, -0.05) is 32.4 Å². The van der Waals surface area contributed by atoms with Crippen molar-refractivity contribution in [2.75, 3.05) is 0 Å². The van der Waals surface area contributed by atoms with Gasteiger partial charge in [0.2, 0.25) is 0 Å². The Morgan fingerprint density at radius 2 is 2.14 bits per heavy atom. The molecular weight excluding hydrogens is 260 g/mol. The van der Waals surface area contributed by atoms with Crippen molar-refractivity contribution in [3.63, 3.8) is 0 Å². The van der Waals surface area contributed by atoms with E-state index in [2.05, 4.69) is 24.5 Å². The van der Waals surface area contributed by atoms with Crippen LogP contribution < -0.4 is 0 Å². The van der Waals surface area contributed by atoms with Gasteiger partial charge in [0.1, 0.15) is 11.6 Å². The minimum absolute atomic E-state index is 0.250. The molecule has 3 rings (SSSR count). The number of rotatable bonds is 5. The molecule has 0 spiro atoms. The fraction of sp³-hybridized carbons (Fsp3) is 0.556. The smallest absolute Gasteiger partial charge is 0.143 e. The summed E-state index contributed by atoms with van der Waals surface area (Å²) >= 11 is 0. The highest BCUT2D eigenvalue weighted by Crippen LogP contribution is 2.32. The molecule has 2 unspecified atom stereocenters. The Balaban J connectivity index is 1.89. The quantitative estimate of drug-likeness (QED) is 0.832. The number of Topliss-reactive ketones (excluding diaryl/α,β-unsaturated/α-hetero) is 1. The number of carbonyl (C=O) groups excluding carboxylic acids is 1. The van der Waals surface area contributed by atoms with Crippen LogP contribution in [0.15, 0.2) is 24.3 Å². The summed E-state index contributed by atoms with van der Waals surface area (Å²) in [6.45, 7) is 5.31. The van der Waals surface area contributed by atoms with Gasteiger partial charge in [-0.3, -0.25) is 4.79 Å². The molecule has 3 heteroatoms. The zero-order valence-corrected chi connectivity index (χ0v) is 13.0. The summed E-state index contributed by atoms with van der Waals surface area (Å²) in [4.78, 5) is 17.3. The summed E-state index contributed by atoms with van der Waals surface area (Å²) < 4.78 is 2.23. The molecule has 0 N–H and O–H groups in total. The summed E-state index contributed by atoms with van der Waals surface area (Å²) in [7, 11) is 0. The third kappa shape index (κ3) is 2.74. The van der Waals surface area contributed by atoms with Crippen molar-refractivity contribution in [1.82, 2.24) is 9.55 Å². The Labute approximate surface area is 126 Å². The molecule has 1 fully saturated rings. The first-order chi connectivity index (χ1) is 10.2. The predicted octanol–water partition coefficient (Wildman–Crippen LogP) is 3.99. The summed E-state index contributed by atoms with van der Waals surface area (Å²) in [6, 6.07) is 8.19. The molecule has 1 aromatic carbocycles. The molecule has 0 saturated heterocycles. The second-order valence-electron chi connectivity index (χ2n) is 6.33. The summed E-state index contributed by atoms with van der Waals surface area (Å²) in [5, 5.41) is 0. The molecule has 2 aromatic rings. The first kappa shape index (κ1) is 14.3. The number of aromatic nitrogens is 2. The fourth-order valence-electron chi connectivity index (χ4n) is 3.64. The molecular formula is C18H24N2O. The van der Waals surface area contributed by atoms with Crippen molar-refractivity contribution >= 4 is 16.8 Å². The van der Waals surface area contributed by atoms with Crippen LogP contribution >= 0.6 is 0 Å². The Hall–Kier alpha value is -1.64. The van der Waals surface area contributed by atoms with Crippen LogP contribution in [0.1, 0.15) is 45.4 Å². The topological polar surface area (TPSA) is 34.9 Å². The Bertz CT molecular complexity index is 644. The van der Waals surface area contributed by atoms with E-state index < -0.39 is 0 Å². The number of hydrogen-bond acceptors (Lipinski definition) is 2. The highest BCUT2D eigenvalue weighted by atomic mass is 16.1. The Morgan fingerprint density at radius 1 is 1.33 bits per heavy atom. The Kier molecular flexibility index (Phi) is 4.09. The van der Waals surface area contributed by atoms with Crippen molar-refractivity contribution in [2.24, 2.45) is 11.8 Å². The molecule has 0 aliphatic heterocycles. The molecule has 0 amide bonds. The SMILES string of the molecule is CCCn1c(CC(=O)C2CCCC2C)nc2ccccc21. The van der Waals surface area contributed by atoms with Crippen LogP contribution in [0.2, 0.25) is 0 Å². The molecule has 1 aromatic heterocycles. The minimum atomic E-state index is 0.250. The lowest BCUT2D eigenvalue weighted by Gasteiger charge is -2.14. The second kappa shape index (κ2) is 6.00. The predicted molar refractivity (Wildman–Crippen MR) is 85.2 cm³/mol. The van der Waals surface area contributed by atoms with Crippen LogP contribution in [0, 0.1) is 11.8 Å². The maximum absolute atomic E-state index is 12.6. The third-order valence-electron chi connectivity index (χ3n) is 4.79. The molecule has 1 saturated carbocycles. The number of benzene rings is 1. The lowest BCUT2D eigenvalue weighted by molar-refractivity contribution is -0.123. The number of ketones is 1. The summed E-state index contributed by atoms with van der Waals surface area (Å²) in [5.41, 5.74) is 2.16. The van der Waals surface area contributed by atoms with E-state index in [0.29, 0.717) is 18.1 Å². The molecule has 1 heterocycles. The minimum Gasteiger partial charge on any atom is -0.328 e. The van der Waals surface area contributed by atoms with Gasteiger partial charge in [-0.25, -0.2) is 4.98 Å². The molecule has 2 atom stereocenters. The molecule has 0 radical (unpaired) electrons. The van der Waals surface area contributed by atoms with Crippen molar-refractivity contribution in [1.29, 1.82) is 0 Å². The molecule has 1 aliphatic carbocycles. The fourth-order valence-corrected chi connectivity index (χ4v) is 3.64. The standard InChI is InChI=1S/C18H24N2O/c1-3-11-20-16-10-5-4-9-15(16)19-18(20)12-17(21)14-8-6-7-13(14)2/h4-5,9-10,13-14H,3,6-8,11-12H2,1-2H3. The number of fused-ring (bicyclic) bond motifs is 1. The monoisotopic (exact) mass is 284 g/mol. The largest absolute Gasteiger partial charge is 0.328 e. The zero-order valence-electron chi connectivity index (χ0n) is 13.0. The summed E-state index contributed by atoms with van der Waals surface area (Å²) in [5.74, 6) is 2.12. The van der Waals surface area contributed by atoms with Crippen LogP contribution in [-0.4, -0.2) is 15.3 Å². The van der Waals surface area contributed by atoms with Crippen molar-refractivity contribution < 1.29 is 4.79 Å². The average Bonchev–Trinajstić information content (AvgIpc) is 3.04. The molecule has 21 heavy (non-hydrogen) atoms. The maximum atomic E-state index is 12.6. The number of carbonyl (C=O) groups is 1. The maximum Gasteiger partial charge on any atom is 0.143 e. The van der Waals surface area contributed by atoms with Gasteiger partial charge in [0, 0.05) is 12.5 Å². The van der Waals surface area contributed by atoms with Crippen molar-refractivity contribution in [3.05, 3.63) is 30.1 Å². The van der Waals surface area contributed by atoms with Gasteiger partial charge in [-0.2, -0.15) is 0 Å². The highest BCUT2D eigenvalue weighted by molar-refractivity contribution is 5.84. The van der Waals surface area contributed by atoms with Gasteiger partial charge in [-0.05, 0) is 37.3 Å². The van der Waals surface area contributed by atoms with E-state index in [-0.39, 0.29) is 5.92 Å². The van der Waals surface area contributed by atoms with Crippen LogP contribution in [0.3, 0.4) is 0 Å². The molecule has 112 valence electrons. The van der Waals surface area contributed by atoms with E-state index in [1.54, 1.807) is 0 Å². The van der Waals surface area contributed by atoms with E-state index >= 15 is 0 Å². The van der Waals surface area contributed by atoms with Crippen LogP contribution in [-0.2, 0) is 17.8 Å². The van der Waals surface area contributed by atoms with E-state index in [1.165, 1.54) is 12.8 Å². The molecule has 1 aliphatic rings. The van der Waals surface area contributed by atoms with Crippen LogP contribution in [0.5, 0.6) is 0 Å².